The Labute approximate surface area is 233 Å². The van der Waals surface area contributed by atoms with E-state index >= 15 is 0 Å². The zero-order valence-corrected chi connectivity index (χ0v) is 23.2. The van der Waals surface area contributed by atoms with Crippen molar-refractivity contribution in [2.24, 2.45) is 10.9 Å². The molecule has 3 heterocycles. The number of ether oxygens (including phenoxy) is 2. The third kappa shape index (κ3) is 5.40. The van der Waals surface area contributed by atoms with E-state index in [2.05, 4.69) is 15.4 Å². The third-order valence-electron chi connectivity index (χ3n) is 7.18. The number of methoxy groups -OCH3 is 1. The van der Waals surface area contributed by atoms with Crippen molar-refractivity contribution in [3.8, 4) is 0 Å². The minimum atomic E-state index is -0.978. The molecule has 5 rings (SSSR count). The van der Waals surface area contributed by atoms with E-state index in [-0.39, 0.29) is 36.1 Å². The number of carbonyl (C=O) groups excluding carboxylic acids is 2. The summed E-state index contributed by atoms with van der Waals surface area (Å²) in [7, 11) is 1.35. The number of thiazole rings is 1. The highest BCUT2D eigenvalue weighted by molar-refractivity contribution is 7.11. The first kappa shape index (κ1) is 27.6. The second-order valence-corrected chi connectivity index (χ2v) is 10.5. The number of benzene rings is 1. The Morgan fingerprint density at radius 2 is 2.10 bits per heavy atom. The van der Waals surface area contributed by atoms with Crippen molar-refractivity contribution in [1.82, 2.24) is 20.1 Å². The molecule has 2 aromatic heterocycles. The predicted molar refractivity (Wildman–Crippen MR) is 144 cm³/mol. The summed E-state index contributed by atoms with van der Waals surface area (Å²) in [5, 5.41) is 10.4. The lowest BCUT2D eigenvalue weighted by Crippen LogP contribution is -2.38. The number of hydrogen-bond acceptors (Lipinski definition) is 9. The second-order valence-electron chi connectivity index (χ2n) is 9.60. The number of halogens is 2. The van der Waals surface area contributed by atoms with Crippen LogP contribution in [-0.2, 0) is 38.4 Å². The Morgan fingerprint density at radius 3 is 2.83 bits per heavy atom. The number of aliphatic imine (C=N–C) groups is 1. The van der Waals surface area contributed by atoms with Gasteiger partial charge in [0, 0.05) is 29.4 Å². The van der Waals surface area contributed by atoms with E-state index in [1.807, 2.05) is 11.6 Å². The quantitative estimate of drug-likeness (QED) is 0.405. The number of aryl methyl sites for hydroxylation is 2. The van der Waals surface area contributed by atoms with Gasteiger partial charge in [0.2, 0.25) is 0 Å². The Kier molecular flexibility index (Phi) is 8.06. The maximum Gasteiger partial charge on any atom is 0.338 e. The van der Waals surface area contributed by atoms with Crippen LogP contribution in [0.4, 0.5) is 8.78 Å². The highest BCUT2D eigenvalue weighted by atomic mass is 32.1. The van der Waals surface area contributed by atoms with Crippen LogP contribution in [0.25, 0.3) is 0 Å². The molecule has 1 aliphatic carbocycles. The Balaban J connectivity index is 1.57. The fraction of sp³-hybridized carbons (Fsp3) is 0.393. The molecule has 0 amide bonds. The first-order valence-electron chi connectivity index (χ1n) is 13.0. The van der Waals surface area contributed by atoms with Gasteiger partial charge in [0.05, 0.1) is 37.9 Å². The minimum Gasteiger partial charge on any atom is -0.469 e. The smallest absolute Gasteiger partial charge is 0.338 e. The molecule has 2 atom stereocenters. The molecular weight excluding hydrogens is 540 g/mol. The summed E-state index contributed by atoms with van der Waals surface area (Å²) in [6.07, 6.45) is 5.70. The normalized spacial score (nSPS) is 18.6. The van der Waals surface area contributed by atoms with Gasteiger partial charge in [-0.2, -0.15) is 5.10 Å². The number of carbonyl (C=O) groups is 2. The van der Waals surface area contributed by atoms with Crippen molar-refractivity contribution in [3.63, 3.8) is 0 Å². The van der Waals surface area contributed by atoms with Gasteiger partial charge in [0.1, 0.15) is 6.04 Å². The number of rotatable bonds is 8. The van der Waals surface area contributed by atoms with Crippen LogP contribution in [0.5, 0.6) is 0 Å². The van der Waals surface area contributed by atoms with Gasteiger partial charge in [-0.3, -0.25) is 14.5 Å². The van der Waals surface area contributed by atoms with Crippen LogP contribution >= 0.6 is 11.3 Å². The summed E-state index contributed by atoms with van der Waals surface area (Å²) in [6.45, 7) is 3.74. The number of allylic oxidation sites excluding steroid dienone is 1. The van der Waals surface area contributed by atoms with E-state index in [0.717, 1.165) is 17.3 Å². The van der Waals surface area contributed by atoms with Crippen molar-refractivity contribution >= 4 is 29.1 Å². The summed E-state index contributed by atoms with van der Waals surface area (Å²) < 4.78 is 40.7. The average Bonchev–Trinajstić information content (AvgIpc) is 3.64. The van der Waals surface area contributed by atoms with Crippen molar-refractivity contribution < 1.29 is 27.8 Å². The van der Waals surface area contributed by atoms with Crippen LogP contribution in [0, 0.1) is 24.5 Å². The lowest BCUT2D eigenvalue weighted by atomic mass is 9.81. The van der Waals surface area contributed by atoms with E-state index in [4.69, 9.17) is 14.5 Å². The van der Waals surface area contributed by atoms with Gasteiger partial charge in [-0.05, 0) is 55.9 Å². The van der Waals surface area contributed by atoms with Gasteiger partial charge in [-0.15, -0.1) is 11.3 Å². The Hall–Kier alpha value is -3.93. The first-order chi connectivity index (χ1) is 19.3. The molecule has 1 aliphatic heterocycles. The summed E-state index contributed by atoms with van der Waals surface area (Å²) in [4.78, 5) is 34.3. The molecule has 1 aromatic carbocycles. The van der Waals surface area contributed by atoms with Gasteiger partial charge in [0.15, 0.2) is 22.5 Å². The molecular formula is C28H29F2N5O4S. The van der Waals surface area contributed by atoms with Crippen molar-refractivity contribution in [2.45, 2.75) is 52.1 Å². The summed E-state index contributed by atoms with van der Waals surface area (Å²) >= 11 is 1.38. The average molecular weight is 570 g/mol. The third-order valence-corrected chi connectivity index (χ3v) is 7.96. The number of amidine groups is 1. The lowest BCUT2D eigenvalue weighted by Gasteiger charge is -2.33. The maximum absolute atomic E-state index is 14.7. The van der Waals surface area contributed by atoms with Crippen LogP contribution in [0.2, 0.25) is 0 Å². The van der Waals surface area contributed by atoms with Crippen molar-refractivity contribution in [2.75, 3.05) is 13.7 Å². The van der Waals surface area contributed by atoms with E-state index in [1.54, 1.807) is 17.8 Å². The van der Waals surface area contributed by atoms with Gasteiger partial charge in [0.25, 0.3) is 0 Å². The maximum atomic E-state index is 14.7. The molecule has 2 aliphatic rings. The summed E-state index contributed by atoms with van der Waals surface area (Å²) in [5.41, 5.74) is 3.30. The zero-order valence-electron chi connectivity index (χ0n) is 22.4. The molecule has 0 saturated carbocycles. The van der Waals surface area contributed by atoms with Crippen LogP contribution < -0.4 is 5.32 Å². The standard InChI is InChI=1S/C28H29F2N5O4S/c1-4-39-28(37)22-24(16-5-8-20-17(13-16)14-35(34-20)11-9-21(36)38-3)32-26(27-31-10-12-40-27)33-25(22)18-6-7-19(29)23(30)15(18)2/h6-7,10,12,14,16,25H,4-5,8-9,11,13H2,1-3H3,(H,32,33). The SMILES string of the molecule is CCOC(=O)C1=C(C2CCc3nn(CCC(=O)OC)cc3C2)NC(c2nccs2)=NC1c1ccc(F)c(F)c1C. The van der Waals surface area contributed by atoms with Crippen molar-refractivity contribution in [1.29, 1.82) is 0 Å². The number of aromatic nitrogens is 3. The topological polar surface area (TPSA) is 108 Å². The largest absolute Gasteiger partial charge is 0.469 e. The Morgan fingerprint density at radius 1 is 1.27 bits per heavy atom. The molecule has 3 aromatic rings. The van der Waals surface area contributed by atoms with E-state index in [1.165, 1.54) is 31.4 Å². The van der Waals surface area contributed by atoms with Crippen LogP contribution in [0.15, 0.2) is 46.2 Å². The summed E-state index contributed by atoms with van der Waals surface area (Å²) in [5.74, 6) is -2.51. The number of fused-ring (bicyclic) bond motifs is 1. The number of nitrogens with one attached hydrogen (secondary N) is 1. The van der Waals surface area contributed by atoms with Crippen LogP contribution in [0.1, 0.15) is 53.2 Å². The molecule has 210 valence electrons. The fourth-order valence-electron chi connectivity index (χ4n) is 5.19. The molecule has 12 heteroatoms. The number of nitrogens with zero attached hydrogens (tertiary/aromatic N) is 4. The molecule has 0 saturated heterocycles. The number of esters is 2. The molecule has 0 bridgehead atoms. The minimum absolute atomic E-state index is 0.0769. The van der Waals surface area contributed by atoms with Gasteiger partial charge >= 0.3 is 11.9 Å². The van der Waals surface area contributed by atoms with E-state index < -0.39 is 23.6 Å². The molecule has 9 nitrogen and oxygen atoms in total. The van der Waals surface area contributed by atoms with E-state index in [9.17, 15) is 18.4 Å². The molecule has 40 heavy (non-hydrogen) atoms. The van der Waals surface area contributed by atoms with Crippen LogP contribution in [-0.4, -0.2) is 46.3 Å². The molecule has 0 radical (unpaired) electrons. The molecule has 0 fully saturated rings. The highest BCUT2D eigenvalue weighted by Gasteiger charge is 2.38. The van der Waals surface area contributed by atoms with Gasteiger partial charge in [-0.1, -0.05) is 6.07 Å². The molecule has 0 spiro atoms. The summed E-state index contributed by atoms with van der Waals surface area (Å²) in [6, 6.07) is 1.60. The highest BCUT2D eigenvalue weighted by Crippen LogP contribution is 2.40. The first-order valence-corrected chi connectivity index (χ1v) is 13.9. The van der Waals surface area contributed by atoms with Crippen LogP contribution in [0.3, 0.4) is 0 Å². The van der Waals surface area contributed by atoms with Gasteiger partial charge < -0.3 is 14.8 Å². The Bertz CT molecular complexity index is 1500. The zero-order chi connectivity index (χ0) is 28.4. The second kappa shape index (κ2) is 11.7. The van der Waals surface area contributed by atoms with Crippen molar-refractivity contribution in [3.05, 3.63) is 80.2 Å². The molecule has 1 N–H and O–H groups in total. The fourth-order valence-corrected chi connectivity index (χ4v) is 5.78. The monoisotopic (exact) mass is 569 g/mol. The van der Waals surface area contributed by atoms with E-state index in [0.29, 0.717) is 47.9 Å². The van der Waals surface area contributed by atoms with Gasteiger partial charge in [-0.25, -0.2) is 18.6 Å². The molecule has 2 unspecified atom stereocenters. The number of hydrogen-bond donors (Lipinski definition) is 1. The predicted octanol–water partition coefficient (Wildman–Crippen LogP) is 4.20. The lowest BCUT2D eigenvalue weighted by molar-refractivity contribution is -0.141.